The minimum absolute atomic E-state index is 0.420. The average molecular weight is 350 g/mol. The first-order chi connectivity index (χ1) is 9.65. The molecule has 0 saturated carbocycles. The lowest BCUT2D eigenvalue weighted by molar-refractivity contribution is 0.915. The minimum Gasteiger partial charge on any atom is -0.369 e. The molecule has 0 amide bonds. The van der Waals surface area contributed by atoms with Crippen molar-refractivity contribution in [1.82, 2.24) is 0 Å². The molecule has 0 bridgehead atoms. The van der Waals surface area contributed by atoms with Crippen molar-refractivity contribution in [3.8, 4) is 6.07 Å². The molecule has 2 nitrogen and oxygen atoms in total. The fraction of sp³-hybridized carbons (Fsp3) is 0.188. The summed E-state index contributed by atoms with van der Waals surface area (Å²) in [4.78, 5) is 2.07. The van der Waals surface area contributed by atoms with Crippen molar-refractivity contribution >= 4 is 33.2 Å². The lowest BCUT2D eigenvalue weighted by Crippen LogP contribution is -2.18. The zero-order valence-electron chi connectivity index (χ0n) is 11.1. The summed E-state index contributed by atoms with van der Waals surface area (Å²) in [6, 6.07) is 16.1. The maximum atomic E-state index is 9.28. The Balaban J connectivity index is 2.28. The molecule has 0 unspecified atom stereocenters. The third kappa shape index (κ3) is 3.33. The summed E-state index contributed by atoms with van der Waals surface area (Å²) in [7, 11) is 1.98. The predicted molar refractivity (Wildman–Crippen MR) is 87.0 cm³/mol. The molecule has 0 N–H and O–H groups in total. The van der Waals surface area contributed by atoms with Gasteiger partial charge >= 0.3 is 0 Å². The zero-order chi connectivity index (χ0) is 14.5. The Kier molecular flexibility index (Phi) is 5.05. The number of hydrogen-bond acceptors (Lipinski definition) is 2. The van der Waals surface area contributed by atoms with E-state index in [0.717, 1.165) is 22.3 Å². The molecule has 0 aromatic heterocycles. The Morgan fingerprint density at radius 1 is 1.25 bits per heavy atom. The van der Waals surface area contributed by atoms with Gasteiger partial charge in [0, 0.05) is 23.9 Å². The van der Waals surface area contributed by atoms with E-state index in [1.165, 1.54) is 5.56 Å². The molecule has 0 fully saturated rings. The van der Waals surface area contributed by atoms with Crippen LogP contribution in [0.3, 0.4) is 0 Å². The Morgan fingerprint density at radius 2 is 2.00 bits per heavy atom. The van der Waals surface area contributed by atoms with Crippen LogP contribution in [0.1, 0.15) is 16.7 Å². The lowest BCUT2D eigenvalue weighted by Gasteiger charge is -2.21. The van der Waals surface area contributed by atoms with Crippen LogP contribution in [0.4, 0.5) is 5.69 Å². The number of rotatable bonds is 4. The third-order valence-electron chi connectivity index (χ3n) is 3.11. The summed E-state index contributed by atoms with van der Waals surface area (Å²) in [5, 5.41) is 9.28. The Hall–Kier alpha value is -1.50. The van der Waals surface area contributed by atoms with Crippen LogP contribution < -0.4 is 4.90 Å². The Morgan fingerprint density at radius 3 is 2.65 bits per heavy atom. The number of nitrogens with zero attached hydrogens (tertiary/aromatic N) is 2. The smallest absolute Gasteiger partial charge is 0.101 e. The van der Waals surface area contributed by atoms with Gasteiger partial charge in [0.1, 0.15) is 6.07 Å². The first-order valence-corrected chi connectivity index (χ1v) is 7.52. The highest BCUT2D eigenvalue weighted by Gasteiger charge is 2.10. The minimum atomic E-state index is 0.420. The van der Waals surface area contributed by atoms with Crippen LogP contribution in [0, 0.1) is 11.3 Å². The monoisotopic (exact) mass is 348 g/mol. The molecule has 0 aliphatic carbocycles. The fourth-order valence-electron chi connectivity index (χ4n) is 2.06. The molecule has 0 heterocycles. The molecule has 0 aliphatic heterocycles. The van der Waals surface area contributed by atoms with Gasteiger partial charge in [0.2, 0.25) is 0 Å². The van der Waals surface area contributed by atoms with Gasteiger partial charge in [-0.05, 0) is 29.3 Å². The lowest BCUT2D eigenvalue weighted by atomic mass is 10.1. The van der Waals surface area contributed by atoms with E-state index in [2.05, 4.69) is 33.0 Å². The molecular weight excluding hydrogens is 336 g/mol. The van der Waals surface area contributed by atoms with Crippen molar-refractivity contribution < 1.29 is 0 Å². The molecular formula is C16H14BrClN2. The standard InChI is InChI=1S/C16H14BrClN2/c1-20(11-13-4-2-3-5-15(13)17)16-7-6-12(9-18)8-14(16)10-19/h2-8H,9,11H2,1H3. The summed E-state index contributed by atoms with van der Waals surface area (Å²) in [5.41, 5.74) is 3.70. The predicted octanol–water partition coefficient (Wildman–Crippen LogP) is 4.70. The van der Waals surface area contributed by atoms with Crippen molar-refractivity contribution in [3.63, 3.8) is 0 Å². The number of alkyl halides is 1. The van der Waals surface area contributed by atoms with Crippen molar-refractivity contribution in [2.75, 3.05) is 11.9 Å². The van der Waals surface area contributed by atoms with Crippen molar-refractivity contribution in [3.05, 3.63) is 63.6 Å². The van der Waals surface area contributed by atoms with E-state index in [1.54, 1.807) is 0 Å². The molecule has 2 rings (SSSR count). The normalized spacial score (nSPS) is 10.1. The SMILES string of the molecule is CN(Cc1ccccc1Br)c1ccc(CCl)cc1C#N. The molecule has 102 valence electrons. The van der Waals surface area contributed by atoms with E-state index in [1.807, 2.05) is 43.4 Å². The second-order valence-corrected chi connectivity index (χ2v) is 5.67. The highest BCUT2D eigenvalue weighted by Crippen LogP contribution is 2.25. The number of anilines is 1. The number of benzene rings is 2. The van der Waals surface area contributed by atoms with Gasteiger partial charge in [-0.3, -0.25) is 0 Å². The fourth-order valence-corrected chi connectivity index (χ4v) is 2.63. The molecule has 20 heavy (non-hydrogen) atoms. The number of halogens is 2. The number of hydrogen-bond donors (Lipinski definition) is 0. The van der Waals surface area contributed by atoms with Crippen molar-refractivity contribution in [2.45, 2.75) is 12.4 Å². The summed E-state index contributed by atoms with van der Waals surface area (Å²) in [5.74, 6) is 0.420. The van der Waals surface area contributed by atoms with E-state index in [9.17, 15) is 5.26 Å². The van der Waals surface area contributed by atoms with E-state index in [-0.39, 0.29) is 0 Å². The Bertz CT molecular complexity index is 649. The van der Waals surface area contributed by atoms with Gasteiger partial charge in [0.05, 0.1) is 11.3 Å². The van der Waals surface area contributed by atoms with Crippen LogP contribution in [-0.4, -0.2) is 7.05 Å². The van der Waals surface area contributed by atoms with Gasteiger partial charge < -0.3 is 4.90 Å². The average Bonchev–Trinajstić information content (AvgIpc) is 2.48. The molecule has 0 spiro atoms. The maximum Gasteiger partial charge on any atom is 0.101 e. The third-order valence-corrected chi connectivity index (χ3v) is 4.19. The first-order valence-electron chi connectivity index (χ1n) is 6.19. The molecule has 0 radical (unpaired) electrons. The molecule has 0 saturated heterocycles. The molecule has 2 aromatic carbocycles. The van der Waals surface area contributed by atoms with Gasteiger partial charge in [-0.25, -0.2) is 0 Å². The van der Waals surface area contributed by atoms with Gasteiger partial charge in [-0.1, -0.05) is 40.2 Å². The molecule has 0 aliphatic rings. The van der Waals surface area contributed by atoms with E-state index < -0.39 is 0 Å². The van der Waals surface area contributed by atoms with Crippen LogP contribution in [0.5, 0.6) is 0 Å². The van der Waals surface area contributed by atoms with E-state index in [0.29, 0.717) is 11.4 Å². The largest absolute Gasteiger partial charge is 0.369 e. The van der Waals surface area contributed by atoms with Crippen LogP contribution in [0.25, 0.3) is 0 Å². The summed E-state index contributed by atoms with van der Waals surface area (Å²) in [6.45, 7) is 0.732. The maximum absolute atomic E-state index is 9.28. The van der Waals surface area contributed by atoms with Crippen LogP contribution in [-0.2, 0) is 12.4 Å². The highest BCUT2D eigenvalue weighted by molar-refractivity contribution is 9.10. The van der Waals surface area contributed by atoms with Crippen molar-refractivity contribution in [1.29, 1.82) is 5.26 Å². The van der Waals surface area contributed by atoms with Gasteiger partial charge in [0.15, 0.2) is 0 Å². The molecule has 2 aromatic rings. The van der Waals surface area contributed by atoms with Crippen molar-refractivity contribution in [2.24, 2.45) is 0 Å². The zero-order valence-corrected chi connectivity index (χ0v) is 13.4. The summed E-state index contributed by atoms with van der Waals surface area (Å²) < 4.78 is 1.07. The first kappa shape index (κ1) is 14.9. The molecule has 0 atom stereocenters. The Labute approximate surface area is 132 Å². The van der Waals surface area contributed by atoms with Gasteiger partial charge in [-0.15, -0.1) is 11.6 Å². The van der Waals surface area contributed by atoms with E-state index >= 15 is 0 Å². The van der Waals surface area contributed by atoms with Crippen LogP contribution in [0.2, 0.25) is 0 Å². The van der Waals surface area contributed by atoms with Gasteiger partial charge in [0.25, 0.3) is 0 Å². The van der Waals surface area contributed by atoms with Crippen LogP contribution in [0.15, 0.2) is 46.9 Å². The second kappa shape index (κ2) is 6.78. The highest BCUT2D eigenvalue weighted by atomic mass is 79.9. The van der Waals surface area contributed by atoms with E-state index in [4.69, 9.17) is 11.6 Å². The number of nitriles is 1. The van der Waals surface area contributed by atoms with Gasteiger partial charge in [-0.2, -0.15) is 5.26 Å². The molecule has 4 heteroatoms. The summed E-state index contributed by atoms with van der Waals surface area (Å²) in [6.07, 6.45) is 0. The quantitative estimate of drug-likeness (QED) is 0.748. The van der Waals surface area contributed by atoms with Crippen LogP contribution >= 0.6 is 27.5 Å². The topological polar surface area (TPSA) is 27.0 Å². The summed E-state index contributed by atoms with van der Waals surface area (Å²) >= 11 is 9.36. The second-order valence-electron chi connectivity index (χ2n) is 4.54.